The van der Waals surface area contributed by atoms with Crippen LogP contribution in [-0.2, 0) is 18.5 Å². The molecule has 8 aromatic rings. The first kappa shape index (κ1) is 37.8. The van der Waals surface area contributed by atoms with Gasteiger partial charge in [0.2, 0.25) is 0 Å². The highest BCUT2D eigenvalue weighted by Gasteiger charge is 2.43. The zero-order valence-electron chi connectivity index (χ0n) is 32.9. The van der Waals surface area contributed by atoms with Gasteiger partial charge in [-0.25, -0.2) is 14.5 Å². The zero-order valence-corrected chi connectivity index (χ0v) is 32.9. The number of aromatic nitrogens is 6. The molecule has 0 aliphatic heterocycles. The number of hydrogen-bond donors (Lipinski definition) is 1. The fraction of sp³-hybridized carbons (Fsp3) is 0.188. The van der Waals surface area contributed by atoms with Crippen LogP contribution in [-0.4, -0.2) is 54.8 Å². The van der Waals surface area contributed by atoms with Crippen LogP contribution in [0, 0.1) is 0 Å². The Morgan fingerprint density at radius 1 is 0.759 bits per heavy atom. The fourth-order valence-electron chi connectivity index (χ4n) is 7.59. The van der Waals surface area contributed by atoms with E-state index in [2.05, 4.69) is 107 Å². The van der Waals surface area contributed by atoms with E-state index in [4.69, 9.17) is 20.0 Å². The van der Waals surface area contributed by atoms with E-state index < -0.39 is 11.6 Å². The third-order valence-electron chi connectivity index (χ3n) is 10.5. The summed E-state index contributed by atoms with van der Waals surface area (Å²) in [7, 11) is 3.45. The lowest BCUT2D eigenvalue weighted by Crippen LogP contribution is -2.40. The minimum Gasteiger partial charge on any atom is -0.478 e. The van der Waals surface area contributed by atoms with Crippen molar-refractivity contribution in [3.8, 4) is 5.75 Å². The summed E-state index contributed by atoms with van der Waals surface area (Å²) in [5.41, 5.74) is 6.71. The van der Waals surface area contributed by atoms with Crippen molar-refractivity contribution < 1.29 is 9.53 Å². The molecule has 1 N–H and O–H groups in total. The number of nitrogens with zero attached hydrogens (tertiary/aromatic N) is 7. The van der Waals surface area contributed by atoms with Gasteiger partial charge in [-0.3, -0.25) is 0 Å². The van der Waals surface area contributed by atoms with Crippen LogP contribution in [0.1, 0.15) is 65.3 Å². The number of urea groups is 1. The van der Waals surface area contributed by atoms with Gasteiger partial charge in [0.25, 0.3) is 0 Å². The van der Waals surface area contributed by atoms with Crippen LogP contribution in [0.2, 0.25) is 0 Å². The number of benzene rings is 6. The Morgan fingerprint density at radius 3 is 1.91 bits per heavy atom. The summed E-state index contributed by atoms with van der Waals surface area (Å²) >= 11 is 0. The van der Waals surface area contributed by atoms with Gasteiger partial charge in [-0.1, -0.05) is 147 Å². The summed E-state index contributed by atoms with van der Waals surface area (Å²) in [6.45, 7) is 2.82. The summed E-state index contributed by atoms with van der Waals surface area (Å²) in [5.74, 6) is 2.25. The molecule has 2 aromatic heterocycles. The average molecular weight is 767 g/mol. The van der Waals surface area contributed by atoms with Gasteiger partial charge in [0.15, 0.2) is 11.9 Å². The molecule has 2 amide bonds. The van der Waals surface area contributed by atoms with Gasteiger partial charge in [-0.05, 0) is 69.4 Å². The Kier molecular flexibility index (Phi) is 11.1. The van der Waals surface area contributed by atoms with E-state index in [9.17, 15) is 4.79 Å². The number of ether oxygens (including phenoxy) is 1. The van der Waals surface area contributed by atoms with Crippen molar-refractivity contribution in [2.24, 2.45) is 0 Å². The maximum absolute atomic E-state index is 12.4. The molecule has 0 saturated heterocycles. The fourth-order valence-corrected chi connectivity index (χ4v) is 7.59. The molecule has 0 bridgehead atoms. The largest absolute Gasteiger partial charge is 0.478 e. The molecule has 1 atom stereocenters. The van der Waals surface area contributed by atoms with Crippen molar-refractivity contribution in [2.75, 3.05) is 19.4 Å². The van der Waals surface area contributed by atoms with Crippen LogP contribution in [0.15, 0.2) is 164 Å². The summed E-state index contributed by atoms with van der Waals surface area (Å²) in [5, 5.41) is 16.8. The van der Waals surface area contributed by atoms with Gasteiger partial charge in [-0.15, -0.1) is 5.10 Å². The molecule has 8 rings (SSSR count). The Hall–Kier alpha value is -7.07. The second-order valence-corrected chi connectivity index (χ2v) is 14.6. The predicted molar refractivity (Wildman–Crippen MR) is 228 cm³/mol. The van der Waals surface area contributed by atoms with Gasteiger partial charge in [0, 0.05) is 38.3 Å². The SMILES string of the molecule is CCCCc1nc2cc(NC(=O)N(C)C)ccc2n1Cc1ccc(OC(c2ccccc2)c2nnnn2C(c2ccccc2)(c2ccccc2)c2ccccc2)cc1. The number of tetrazole rings is 1. The highest BCUT2D eigenvalue weighted by atomic mass is 16.5. The van der Waals surface area contributed by atoms with E-state index in [1.165, 1.54) is 4.90 Å². The van der Waals surface area contributed by atoms with Crippen LogP contribution in [0.3, 0.4) is 0 Å². The molecule has 0 fully saturated rings. The number of imidazole rings is 1. The zero-order chi connectivity index (χ0) is 39.9. The van der Waals surface area contributed by atoms with Crippen molar-refractivity contribution in [1.82, 2.24) is 34.7 Å². The Balaban J connectivity index is 1.16. The van der Waals surface area contributed by atoms with Gasteiger partial charge in [0.05, 0.1) is 11.0 Å². The second-order valence-electron chi connectivity index (χ2n) is 14.6. The second kappa shape index (κ2) is 17.0. The molecule has 0 radical (unpaired) electrons. The minimum atomic E-state index is -0.926. The van der Waals surface area contributed by atoms with E-state index in [1.807, 2.05) is 83.5 Å². The molecule has 6 aromatic carbocycles. The number of hydrogen-bond acceptors (Lipinski definition) is 6. The van der Waals surface area contributed by atoms with E-state index in [0.29, 0.717) is 23.8 Å². The lowest BCUT2D eigenvalue weighted by atomic mass is 9.77. The maximum Gasteiger partial charge on any atom is 0.321 e. The van der Waals surface area contributed by atoms with Gasteiger partial charge < -0.3 is 19.5 Å². The van der Waals surface area contributed by atoms with Crippen LogP contribution < -0.4 is 10.1 Å². The molecule has 290 valence electrons. The number of aryl methyl sites for hydroxylation is 1. The number of amides is 2. The van der Waals surface area contributed by atoms with Gasteiger partial charge >= 0.3 is 6.03 Å². The van der Waals surface area contributed by atoms with Gasteiger partial charge in [0.1, 0.15) is 17.1 Å². The van der Waals surface area contributed by atoms with E-state index >= 15 is 0 Å². The highest BCUT2D eigenvalue weighted by Crippen LogP contribution is 2.42. The molecule has 0 spiro atoms. The maximum atomic E-state index is 12.4. The lowest BCUT2D eigenvalue weighted by molar-refractivity contribution is 0.222. The van der Waals surface area contributed by atoms with E-state index in [-0.39, 0.29) is 6.03 Å². The summed E-state index contributed by atoms with van der Waals surface area (Å²) < 4.78 is 11.2. The quantitative estimate of drug-likeness (QED) is 0.111. The number of anilines is 1. The lowest BCUT2D eigenvalue weighted by Gasteiger charge is -2.37. The van der Waals surface area contributed by atoms with Gasteiger partial charge in [-0.2, -0.15) is 0 Å². The number of fused-ring (bicyclic) bond motifs is 1. The molecular formula is C48H46N8O2. The predicted octanol–water partition coefficient (Wildman–Crippen LogP) is 9.52. The smallest absolute Gasteiger partial charge is 0.321 e. The number of nitrogens with one attached hydrogen (secondary N) is 1. The molecule has 1 unspecified atom stereocenters. The van der Waals surface area contributed by atoms with Crippen LogP contribution >= 0.6 is 0 Å². The molecular weight excluding hydrogens is 721 g/mol. The van der Waals surface area contributed by atoms with Crippen LogP contribution in [0.5, 0.6) is 5.75 Å². The van der Waals surface area contributed by atoms with Crippen LogP contribution in [0.25, 0.3) is 11.0 Å². The van der Waals surface area contributed by atoms with E-state index in [0.717, 1.165) is 63.9 Å². The molecule has 58 heavy (non-hydrogen) atoms. The molecule has 10 heteroatoms. The third-order valence-corrected chi connectivity index (χ3v) is 10.5. The number of rotatable bonds is 14. The Morgan fingerprint density at radius 2 is 1.34 bits per heavy atom. The topological polar surface area (TPSA) is 103 Å². The average Bonchev–Trinajstić information content (AvgIpc) is 3.89. The minimum absolute atomic E-state index is 0.179. The van der Waals surface area contributed by atoms with Crippen molar-refractivity contribution in [3.05, 3.63) is 203 Å². The monoisotopic (exact) mass is 766 g/mol. The standard InChI is InChI=1S/C48H46N8O2/c1-4-5-26-44-50-42-33-40(49-47(57)54(2)3)29-32-43(42)55(44)34-35-27-30-41(31-28-35)58-45(36-18-10-6-11-19-36)46-51-52-53-56(46)48(37-20-12-7-13-21-37,38-22-14-8-15-23-38)39-24-16-9-17-25-39/h6-25,27-33,45H,4-5,26,34H2,1-3H3,(H,49,57). The molecule has 0 aliphatic carbocycles. The first-order chi connectivity index (χ1) is 28.4. The number of unbranched alkanes of at least 4 members (excludes halogenated alkanes) is 1. The third kappa shape index (κ3) is 7.56. The molecule has 2 heterocycles. The molecule has 0 saturated carbocycles. The number of carbonyl (C=O) groups is 1. The Bertz CT molecular complexity index is 2480. The summed E-state index contributed by atoms with van der Waals surface area (Å²) in [6, 6.07) is 55.2. The van der Waals surface area contributed by atoms with Crippen LogP contribution in [0.4, 0.5) is 10.5 Å². The normalized spacial score (nSPS) is 12.0. The Labute approximate surface area is 338 Å². The number of carbonyl (C=O) groups excluding carboxylic acids is 1. The first-order valence-electron chi connectivity index (χ1n) is 19.7. The van der Waals surface area contributed by atoms with Crippen molar-refractivity contribution in [2.45, 2.75) is 44.4 Å². The highest BCUT2D eigenvalue weighted by molar-refractivity contribution is 5.91. The summed E-state index contributed by atoms with van der Waals surface area (Å²) in [6.07, 6.45) is 2.29. The summed E-state index contributed by atoms with van der Waals surface area (Å²) in [4.78, 5) is 18.9. The van der Waals surface area contributed by atoms with Crippen molar-refractivity contribution in [3.63, 3.8) is 0 Å². The molecule has 0 aliphatic rings. The first-order valence-corrected chi connectivity index (χ1v) is 19.7. The van der Waals surface area contributed by atoms with E-state index in [1.54, 1.807) is 14.1 Å². The van der Waals surface area contributed by atoms with Crippen molar-refractivity contribution >= 4 is 22.8 Å². The van der Waals surface area contributed by atoms with Crippen molar-refractivity contribution in [1.29, 1.82) is 0 Å². The molecule has 10 nitrogen and oxygen atoms in total.